The molecule has 0 atom stereocenters. The van der Waals surface area contributed by atoms with Gasteiger partial charge in [0, 0.05) is 12.5 Å². The molecule has 0 unspecified atom stereocenters. The Balaban J connectivity index is 1.91. The molecular weight excluding hydrogens is 234 g/mol. The van der Waals surface area contributed by atoms with Crippen molar-refractivity contribution in [1.82, 2.24) is 5.32 Å². The number of aryl methyl sites for hydroxylation is 1. The lowest BCUT2D eigenvalue weighted by molar-refractivity contribution is -0.00294. The molecule has 0 heterocycles. The SMILES string of the molecule is CCNC1CCC(O)(Cc2ccc(CC)cc2)CC1. The molecule has 2 rings (SSSR count). The topological polar surface area (TPSA) is 32.3 Å². The smallest absolute Gasteiger partial charge is 0.0689 e. The maximum Gasteiger partial charge on any atom is 0.0689 e. The highest BCUT2D eigenvalue weighted by Gasteiger charge is 2.32. The van der Waals surface area contributed by atoms with E-state index in [2.05, 4.69) is 43.4 Å². The normalized spacial score (nSPS) is 27.4. The van der Waals surface area contributed by atoms with E-state index in [9.17, 15) is 5.11 Å². The van der Waals surface area contributed by atoms with E-state index in [1.165, 1.54) is 11.1 Å². The monoisotopic (exact) mass is 261 g/mol. The standard InChI is InChI=1S/C17H27NO/c1-3-14-5-7-15(8-6-14)13-17(19)11-9-16(10-12-17)18-4-2/h5-8,16,18-19H,3-4,9-13H2,1-2H3. The molecule has 1 aliphatic carbocycles. The van der Waals surface area contributed by atoms with Gasteiger partial charge in [0.2, 0.25) is 0 Å². The van der Waals surface area contributed by atoms with Crippen molar-refractivity contribution in [3.05, 3.63) is 35.4 Å². The summed E-state index contributed by atoms with van der Waals surface area (Å²) in [5, 5.41) is 14.2. The Morgan fingerprint density at radius 3 is 2.21 bits per heavy atom. The summed E-state index contributed by atoms with van der Waals surface area (Å²) in [4.78, 5) is 0. The van der Waals surface area contributed by atoms with Gasteiger partial charge in [-0.1, -0.05) is 38.1 Å². The predicted molar refractivity (Wildman–Crippen MR) is 80.4 cm³/mol. The Kier molecular flexibility index (Phi) is 5.00. The summed E-state index contributed by atoms with van der Waals surface area (Å²) >= 11 is 0. The zero-order valence-electron chi connectivity index (χ0n) is 12.3. The van der Waals surface area contributed by atoms with E-state index < -0.39 is 5.60 Å². The third-order valence-electron chi connectivity index (χ3n) is 4.37. The van der Waals surface area contributed by atoms with Gasteiger partial charge in [-0.05, 0) is 49.8 Å². The average Bonchev–Trinajstić information content (AvgIpc) is 2.43. The summed E-state index contributed by atoms with van der Waals surface area (Å²) in [5.41, 5.74) is 2.15. The first-order valence-corrected chi connectivity index (χ1v) is 7.69. The molecule has 2 nitrogen and oxygen atoms in total. The maximum atomic E-state index is 10.7. The first-order chi connectivity index (χ1) is 9.15. The first kappa shape index (κ1) is 14.5. The van der Waals surface area contributed by atoms with Crippen molar-refractivity contribution in [1.29, 1.82) is 0 Å². The number of hydrogen-bond acceptors (Lipinski definition) is 2. The molecule has 1 aromatic rings. The van der Waals surface area contributed by atoms with Gasteiger partial charge in [-0.15, -0.1) is 0 Å². The lowest BCUT2D eigenvalue weighted by Crippen LogP contribution is -2.42. The van der Waals surface area contributed by atoms with Crippen molar-refractivity contribution >= 4 is 0 Å². The van der Waals surface area contributed by atoms with Crippen molar-refractivity contribution in [3.63, 3.8) is 0 Å². The van der Waals surface area contributed by atoms with Crippen LogP contribution in [0.3, 0.4) is 0 Å². The summed E-state index contributed by atoms with van der Waals surface area (Å²) in [6, 6.07) is 9.32. The van der Waals surface area contributed by atoms with Crippen LogP contribution in [-0.4, -0.2) is 23.3 Å². The van der Waals surface area contributed by atoms with Gasteiger partial charge < -0.3 is 10.4 Å². The Hall–Kier alpha value is -0.860. The second-order valence-electron chi connectivity index (χ2n) is 5.90. The van der Waals surface area contributed by atoms with E-state index in [0.29, 0.717) is 6.04 Å². The molecular formula is C17H27NO. The molecule has 2 heteroatoms. The van der Waals surface area contributed by atoms with Crippen LogP contribution < -0.4 is 5.32 Å². The summed E-state index contributed by atoms with van der Waals surface area (Å²) in [5.74, 6) is 0. The van der Waals surface area contributed by atoms with Gasteiger partial charge in [0.15, 0.2) is 0 Å². The molecule has 1 aromatic carbocycles. The number of aliphatic hydroxyl groups is 1. The Labute approximate surface area is 117 Å². The van der Waals surface area contributed by atoms with E-state index in [1.54, 1.807) is 0 Å². The molecule has 1 saturated carbocycles. The largest absolute Gasteiger partial charge is 0.390 e. The number of benzene rings is 1. The lowest BCUT2D eigenvalue weighted by atomic mass is 9.78. The summed E-state index contributed by atoms with van der Waals surface area (Å²) in [7, 11) is 0. The number of nitrogens with one attached hydrogen (secondary N) is 1. The molecule has 0 saturated heterocycles. The van der Waals surface area contributed by atoms with E-state index >= 15 is 0 Å². The fourth-order valence-electron chi connectivity index (χ4n) is 3.10. The van der Waals surface area contributed by atoms with Crippen molar-refractivity contribution in [3.8, 4) is 0 Å². The molecule has 1 fully saturated rings. The highest BCUT2D eigenvalue weighted by Crippen LogP contribution is 2.31. The molecule has 0 amide bonds. The zero-order valence-corrected chi connectivity index (χ0v) is 12.3. The third kappa shape index (κ3) is 4.05. The minimum Gasteiger partial charge on any atom is -0.390 e. The van der Waals surface area contributed by atoms with Crippen LogP contribution >= 0.6 is 0 Å². The second kappa shape index (κ2) is 6.53. The van der Waals surface area contributed by atoms with Crippen LogP contribution in [0.1, 0.15) is 50.7 Å². The summed E-state index contributed by atoms with van der Waals surface area (Å²) in [6.07, 6.45) is 5.90. The molecule has 19 heavy (non-hydrogen) atoms. The zero-order chi connectivity index (χ0) is 13.7. The Morgan fingerprint density at radius 2 is 1.68 bits per heavy atom. The van der Waals surface area contributed by atoms with Crippen molar-refractivity contribution in [2.75, 3.05) is 6.54 Å². The molecule has 2 N–H and O–H groups in total. The highest BCUT2D eigenvalue weighted by atomic mass is 16.3. The third-order valence-corrected chi connectivity index (χ3v) is 4.37. The van der Waals surface area contributed by atoms with Gasteiger partial charge in [-0.2, -0.15) is 0 Å². The van der Waals surface area contributed by atoms with Gasteiger partial charge in [0.1, 0.15) is 0 Å². The fourth-order valence-corrected chi connectivity index (χ4v) is 3.10. The van der Waals surface area contributed by atoms with E-state index in [0.717, 1.165) is 45.1 Å². The van der Waals surface area contributed by atoms with Crippen LogP contribution in [0, 0.1) is 0 Å². The van der Waals surface area contributed by atoms with Gasteiger partial charge in [0.05, 0.1) is 5.60 Å². The highest BCUT2D eigenvalue weighted by molar-refractivity contribution is 5.24. The quantitative estimate of drug-likeness (QED) is 0.854. The second-order valence-corrected chi connectivity index (χ2v) is 5.90. The van der Waals surface area contributed by atoms with Crippen LogP contribution in [0.25, 0.3) is 0 Å². The minimum absolute atomic E-state index is 0.486. The maximum absolute atomic E-state index is 10.7. The molecule has 0 radical (unpaired) electrons. The van der Waals surface area contributed by atoms with Crippen molar-refractivity contribution < 1.29 is 5.11 Å². The minimum atomic E-state index is -0.486. The predicted octanol–water partition coefficient (Wildman–Crippen LogP) is 3.07. The van der Waals surface area contributed by atoms with E-state index in [-0.39, 0.29) is 0 Å². The first-order valence-electron chi connectivity index (χ1n) is 7.69. The fraction of sp³-hybridized carbons (Fsp3) is 0.647. The van der Waals surface area contributed by atoms with Crippen LogP contribution in [-0.2, 0) is 12.8 Å². The number of hydrogen-bond donors (Lipinski definition) is 2. The van der Waals surface area contributed by atoms with Crippen molar-refractivity contribution in [2.45, 2.75) is 64.0 Å². The van der Waals surface area contributed by atoms with Crippen molar-refractivity contribution in [2.24, 2.45) is 0 Å². The molecule has 0 bridgehead atoms. The lowest BCUT2D eigenvalue weighted by Gasteiger charge is -2.36. The van der Waals surface area contributed by atoms with Crippen LogP contribution in [0.4, 0.5) is 0 Å². The van der Waals surface area contributed by atoms with Gasteiger partial charge in [-0.25, -0.2) is 0 Å². The Morgan fingerprint density at radius 1 is 1.11 bits per heavy atom. The molecule has 0 aromatic heterocycles. The van der Waals surface area contributed by atoms with E-state index in [1.807, 2.05) is 0 Å². The van der Waals surface area contributed by atoms with E-state index in [4.69, 9.17) is 0 Å². The molecule has 0 aliphatic heterocycles. The molecule has 106 valence electrons. The van der Waals surface area contributed by atoms with Crippen LogP contribution in [0.2, 0.25) is 0 Å². The molecule has 1 aliphatic rings. The van der Waals surface area contributed by atoms with Gasteiger partial charge in [-0.3, -0.25) is 0 Å². The summed E-state index contributed by atoms with van der Waals surface area (Å²) in [6.45, 7) is 5.35. The number of rotatable bonds is 5. The summed E-state index contributed by atoms with van der Waals surface area (Å²) < 4.78 is 0. The van der Waals surface area contributed by atoms with Gasteiger partial charge >= 0.3 is 0 Å². The molecule has 0 spiro atoms. The van der Waals surface area contributed by atoms with Crippen LogP contribution in [0.5, 0.6) is 0 Å². The van der Waals surface area contributed by atoms with Gasteiger partial charge in [0.25, 0.3) is 0 Å². The Bertz CT molecular complexity index is 377. The van der Waals surface area contributed by atoms with Crippen LogP contribution in [0.15, 0.2) is 24.3 Å². The average molecular weight is 261 g/mol.